The number of aromatic nitrogens is 4. The first-order valence-corrected chi connectivity index (χ1v) is 10.4. The number of aryl methyl sites for hydroxylation is 1. The van der Waals surface area contributed by atoms with Gasteiger partial charge in [-0.3, -0.25) is 4.79 Å². The Kier molecular flexibility index (Phi) is 4.65. The zero-order valence-electron chi connectivity index (χ0n) is 15.7. The highest BCUT2D eigenvalue weighted by Crippen LogP contribution is 2.38. The Labute approximate surface area is 157 Å². The van der Waals surface area contributed by atoms with Crippen molar-refractivity contribution >= 4 is 33.1 Å². The number of carbonyl (C=O) groups excluding carboxylic acids is 1. The molecule has 26 heavy (non-hydrogen) atoms. The van der Waals surface area contributed by atoms with E-state index in [1.807, 2.05) is 11.8 Å². The largest absolute Gasteiger partial charge is 0.336 e. The molecule has 1 atom stereocenters. The maximum atomic E-state index is 12.8. The number of amides is 1. The number of nitrogens with zero attached hydrogens (tertiary/aromatic N) is 5. The fourth-order valence-corrected chi connectivity index (χ4v) is 4.91. The summed E-state index contributed by atoms with van der Waals surface area (Å²) in [6, 6.07) is 0. The van der Waals surface area contributed by atoms with Crippen LogP contribution in [0.1, 0.15) is 61.1 Å². The van der Waals surface area contributed by atoms with Gasteiger partial charge < -0.3 is 4.90 Å². The van der Waals surface area contributed by atoms with E-state index in [2.05, 4.69) is 28.9 Å². The standard InChI is InChI=1S/C19H25N5OS/c1-4-6-9-23(5-2)19(25)16-21-17-15-13-10-12(3)7-8-14(13)26-18(15)20-11-24(17)22-16/h11-12H,4-10H2,1-3H3. The van der Waals surface area contributed by atoms with Crippen molar-refractivity contribution in [2.75, 3.05) is 13.1 Å². The zero-order valence-corrected chi connectivity index (χ0v) is 16.5. The van der Waals surface area contributed by atoms with Crippen LogP contribution in [0.2, 0.25) is 0 Å². The molecule has 4 rings (SSSR count). The Morgan fingerprint density at radius 2 is 2.27 bits per heavy atom. The molecule has 0 fully saturated rings. The van der Waals surface area contributed by atoms with E-state index in [-0.39, 0.29) is 11.7 Å². The van der Waals surface area contributed by atoms with Crippen molar-refractivity contribution in [1.29, 1.82) is 0 Å². The number of unbranched alkanes of at least 4 members (excludes halogenated alkanes) is 1. The minimum atomic E-state index is -0.0877. The molecule has 0 aliphatic heterocycles. The summed E-state index contributed by atoms with van der Waals surface area (Å²) in [4.78, 5) is 26.3. The van der Waals surface area contributed by atoms with Crippen LogP contribution in [0.15, 0.2) is 6.33 Å². The zero-order chi connectivity index (χ0) is 18.3. The molecule has 1 amide bonds. The number of hydrogen-bond acceptors (Lipinski definition) is 5. The first-order chi connectivity index (χ1) is 12.6. The summed E-state index contributed by atoms with van der Waals surface area (Å²) >= 11 is 1.77. The summed E-state index contributed by atoms with van der Waals surface area (Å²) in [6.45, 7) is 7.85. The monoisotopic (exact) mass is 371 g/mol. The van der Waals surface area contributed by atoms with Crippen molar-refractivity contribution in [2.24, 2.45) is 5.92 Å². The van der Waals surface area contributed by atoms with Gasteiger partial charge in [-0.25, -0.2) is 14.5 Å². The van der Waals surface area contributed by atoms with Gasteiger partial charge in [-0.1, -0.05) is 20.3 Å². The minimum Gasteiger partial charge on any atom is -0.336 e. The number of carbonyl (C=O) groups is 1. The predicted molar refractivity (Wildman–Crippen MR) is 104 cm³/mol. The lowest BCUT2D eigenvalue weighted by Crippen LogP contribution is -2.32. The highest BCUT2D eigenvalue weighted by Gasteiger charge is 2.25. The van der Waals surface area contributed by atoms with E-state index >= 15 is 0 Å². The van der Waals surface area contributed by atoms with Crippen molar-refractivity contribution in [2.45, 2.75) is 52.9 Å². The molecule has 3 heterocycles. The molecule has 3 aromatic heterocycles. The van der Waals surface area contributed by atoms with Crippen LogP contribution in [0.25, 0.3) is 15.9 Å². The fraction of sp³-hybridized carbons (Fsp3) is 0.579. The molecule has 0 spiro atoms. The van der Waals surface area contributed by atoms with Crippen molar-refractivity contribution in [3.63, 3.8) is 0 Å². The normalized spacial score (nSPS) is 17.0. The highest BCUT2D eigenvalue weighted by molar-refractivity contribution is 7.19. The lowest BCUT2D eigenvalue weighted by atomic mass is 9.89. The van der Waals surface area contributed by atoms with Crippen LogP contribution in [0.4, 0.5) is 0 Å². The van der Waals surface area contributed by atoms with Gasteiger partial charge in [0.2, 0.25) is 5.82 Å². The van der Waals surface area contributed by atoms with Crippen LogP contribution in [0, 0.1) is 5.92 Å². The lowest BCUT2D eigenvalue weighted by Gasteiger charge is -2.18. The van der Waals surface area contributed by atoms with Gasteiger partial charge in [-0.05, 0) is 44.1 Å². The molecule has 3 aromatic rings. The molecule has 1 aliphatic rings. The van der Waals surface area contributed by atoms with Crippen LogP contribution in [-0.4, -0.2) is 43.5 Å². The van der Waals surface area contributed by atoms with Gasteiger partial charge in [0, 0.05) is 18.0 Å². The average molecular weight is 372 g/mol. The molecule has 0 bridgehead atoms. The Morgan fingerprint density at radius 3 is 3.04 bits per heavy atom. The van der Waals surface area contributed by atoms with Crippen molar-refractivity contribution < 1.29 is 4.79 Å². The van der Waals surface area contributed by atoms with Gasteiger partial charge in [0.25, 0.3) is 5.91 Å². The SMILES string of the molecule is CCCCN(CC)C(=O)c1nc2c3c4c(sc3ncn2n1)CCC(C)C4. The summed E-state index contributed by atoms with van der Waals surface area (Å²) in [5, 5.41) is 5.54. The summed E-state index contributed by atoms with van der Waals surface area (Å²) < 4.78 is 1.68. The molecule has 0 N–H and O–H groups in total. The van der Waals surface area contributed by atoms with Gasteiger partial charge in [0.05, 0.1) is 5.39 Å². The third-order valence-corrected chi connectivity index (χ3v) is 6.47. The Hall–Kier alpha value is -2.02. The van der Waals surface area contributed by atoms with Gasteiger partial charge >= 0.3 is 0 Å². The van der Waals surface area contributed by atoms with Crippen molar-refractivity contribution in [1.82, 2.24) is 24.5 Å². The van der Waals surface area contributed by atoms with Crippen LogP contribution in [0.5, 0.6) is 0 Å². The first kappa shape index (κ1) is 17.4. The topological polar surface area (TPSA) is 63.4 Å². The van der Waals surface area contributed by atoms with E-state index in [9.17, 15) is 4.79 Å². The predicted octanol–water partition coefficient (Wildman–Crippen LogP) is 3.73. The smallest absolute Gasteiger partial charge is 0.293 e. The molecule has 7 heteroatoms. The fourth-order valence-electron chi connectivity index (χ4n) is 3.73. The second-order valence-electron chi connectivity index (χ2n) is 7.22. The van der Waals surface area contributed by atoms with Crippen LogP contribution < -0.4 is 0 Å². The molecular weight excluding hydrogens is 346 g/mol. The van der Waals surface area contributed by atoms with Gasteiger partial charge in [-0.2, -0.15) is 0 Å². The quantitative estimate of drug-likeness (QED) is 0.686. The minimum absolute atomic E-state index is 0.0877. The van der Waals surface area contributed by atoms with Crippen LogP contribution >= 0.6 is 11.3 Å². The van der Waals surface area contributed by atoms with E-state index in [0.717, 1.165) is 48.1 Å². The molecule has 1 unspecified atom stereocenters. The molecular formula is C19H25N5OS. The second kappa shape index (κ2) is 6.95. The number of fused-ring (bicyclic) bond motifs is 5. The molecule has 138 valence electrons. The molecule has 0 saturated carbocycles. The Bertz CT molecular complexity index is 960. The van der Waals surface area contributed by atoms with E-state index in [0.29, 0.717) is 12.5 Å². The molecule has 1 aliphatic carbocycles. The van der Waals surface area contributed by atoms with E-state index < -0.39 is 0 Å². The average Bonchev–Trinajstić information content (AvgIpc) is 3.22. The van der Waals surface area contributed by atoms with Crippen LogP contribution in [-0.2, 0) is 12.8 Å². The van der Waals surface area contributed by atoms with Crippen molar-refractivity contribution in [3.05, 3.63) is 22.6 Å². The highest BCUT2D eigenvalue weighted by atomic mass is 32.1. The van der Waals surface area contributed by atoms with Gasteiger partial charge in [0.15, 0.2) is 5.65 Å². The summed E-state index contributed by atoms with van der Waals surface area (Å²) in [5.74, 6) is 0.866. The van der Waals surface area contributed by atoms with Gasteiger partial charge in [0.1, 0.15) is 11.2 Å². The lowest BCUT2D eigenvalue weighted by molar-refractivity contribution is 0.0750. The second-order valence-corrected chi connectivity index (χ2v) is 8.30. The van der Waals surface area contributed by atoms with E-state index in [1.54, 1.807) is 22.2 Å². The Morgan fingerprint density at radius 1 is 1.42 bits per heavy atom. The number of hydrogen-bond donors (Lipinski definition) is 0. The third-order valence-electron chi connectivity index (χ3n) is 5.27. The summed E-state index contributed by atoms with van der Waals surface area (Å²) in [6.07, 6.45) is 7.15. The molecule has 0 saturated heterocycles. The van der Waals surface area contributed by atoms with Gasteiger partial charge in [-0.15, -0.1) is 16.4 Å². The van der Waals surface area contributed by atoms with E-state index in [1.165, 1.54) is 16.9 Å². The number of rotatable bonds is 5. The summed E-state index contributed by atoms with van der Waals surface area (Å²) in [5.41, 5.74) is 2.14. The molecule has 0 radical (unpaired) electrons. The maximum Gasteiger partial charge on any atom is 0.293 e. The van der Waals surface area contributed by atoms with Crippen LogP contribution in [0.3, 0.4) is 0 Å². The molecule has 6 nitrogen and oxygen atoms in total. The van der Waals surface area contributed by atoms with E-state index in [4.69, 9.17) is 0 Å². The number of thiophene rings is 1. The Balaban J connectivity index is 1.78. The maximum absolute atomic E-state index is 12.8. The first-order valence-electron chi connectivity index (χ1n) is 9.57. The summed E-state index contributed by atoms with van der Waals surface area (Å²) in [7, 11) is 0. The molecule has 0 aromatic carbocycles. The third kappa shape index (κ3) is 2.88. The van der Waals surface area contributed by atoms with Crippen molar-refractivity contribution in [3.8, 4) is 0 Å².